The van der Waals surface area contributed by atoms with Crippen LogP contribution in [0.3, 0.4) is 0 Å². The van der Waals surface area contributed by atoms with Crippen molar-refractivity contribution in [2.24, 2.45) is 16.2 Å². The highest BCUT2D eigenvalue weighted by Gasteiger charge is 2.55. The summed E-state index contributed by atoms with van der Waals surface area (Å²) in [6.07, 6.45) is 9.81. The summed E-state index contributed by atoms with van der Waals surface area (Å²) in [5, 5.41) is 0. The molecule has 0 aromatic carbocycles. The Kier molecular flexibility index (Phi) is 5.46. The largest absolute Gasteiger partial charge is 0.461 e. The summed E-state index contributed by atoms with van der Waals surface area (Å²) in [7, 11) is 0. The molecule has 2 aliphatic rings. The molecular formula is C22H32O3. The summed E-state index contributed by atoms with van der Waals surface area (Å²) >= 11 is 0. The lowest BCUT2D eigenvalue weighted by molar-refractivity contribution is -0.167. The molecule has 0 N–H and O–H groups in total. The summed E-state index contributed by atoms with van der Waals surface area (Å²) in [5.41, 5.74) is -0.252. The van der Waals surface area contributed by atoms with Crippen LogP contribution in [0.25, 0.3) is 0 Å². The molecule has 0 heterocycles. The average molecular weight is 344 g/mol. The molecule has 1 saturated carbocycles. The Hall–Kier alpha value is -1.64. The molecule has 0 spiro atoms. The molecule has 25 heavy (non-hydrogen) atoms. The van der Waals surface area contributed by atoms with Crippen molar-refractivity contribution in [1.82, 2.24) is 0 Å². The van der Waals surface area contributed by atoms with Crippen LogP contribution in [0.5, 0.6) is 0 Å². The first kappa shape index (κ1) is 19.7. The van der Waals surface area contributed by atoms with Gasteiger partial charge in [-0.15, -0.1) is 13.2 Å². The maximum absolute atomic E-state index is 12.9. The van der Waals surface area contributed by atoms with Gasteiger partial charge in [0.1, 0.15) is 11.9 Å². The summed E-state index contributed by atoms with van der Waals surface area (Å²) in [6, 6.07) is 0. The van der Waals surface area contributed by atoms with Gasteiger partial charge in [-0.2, -0.15) is 0 Å². The highest BCUT2D eigenvalue weighted by Crippen LogP contribution is 2.57. The minimum absolute atomic E-state index is 0.171. The van der Waals surface area contributed by atoms with E-state index in [1.54, 1.807) is 0 Å². The molecule has 138 valence electrons. The normalized spacial score (nSPS) is 28.6. The molecule has 1 fully saturated rings. The average Bonchev–Trinajstić information content (AvgIpc) is 2.52. The number of ether oxygens (including phenoxy) is 1. The number of carbonyl (C=O) groups excluding carboxylic acids is 2. The molecule has 3 nitrogen and oxygen atoms in total. The molecule has 0 unspecified atom stereocenters. The Labute approximate surface area is 152 Å². The maximum atomic E-state index is 12.9. The fourth-order valence-corrected chi connectivity index (χ4v) is 4.42. The number of carbonyl (C=O) groups is 2. The van der Waals surface area contributed by atoms with Gasteiger partial charge in [-0.25, -0.2) is 0 Å². The molecule has 2 atom stereocenters. The van der Waals surface area contributed by atoms with Crippen LogP contribution in [-0.2, 0) is 14.3 Å². The second-order valence-electron chi connectivity index (χ2n) is 8.75. The zero-order valence-corrected chi connectivity index (χ0v) is 16.2. The Morgan fingerprint density at radius 1 is 1.32 bits per heavy atom. The standard InChI is InChI=1S/C22H32O3/c1-7-13-22(14-8-2)16-10-9-11-18(25-19(24)20(3,4)5)21(16,6)15-12-17(22)23/h7-8,10,18H,1-2,9,11-15H2,3-6H3/t18-,21-/m0/s1. The zero-order chi connectivity index (χ0) is 18.9. The molecule has 0 aliphatic heterocycles. The molecule has 2 rings (SSSR count). The number of Topliss-reactive ketones (excluding diaryl/α,β-unsaturated/α-hetero) is 1. The molecule has 0 aromatic rings. The van der Waals surface area contributed by atoms with Crippen LogP contribution < -0.4 is 0 Å². The first-order chi connectivity index (χ1) is 11.6. The van der Waals surface area contributed by atoms with Crippen molar-refractivity contribution in [3.05, 3.63) is 37.0 Å². The predicted octanol–water partition coefficient (Wildman–Crippen LogP) is 5.17. The van der Waals surface area contributed by atoms with E-state index in [2.05, 4.69) is 26.2 Å². The molecule has 0 bridgehead atoms. The molecule has 0 aromatic heterocycles. The fraction of sp³-hybridized carbons (Fsp3) is 0.636. The van der Waals surface area contributed by atoms with Crippen LogP contribution in [-0.4, -0.2) is 17.9 Å². The van der Waals surface area contributed by atoms with Gasteiger partial charge < -0.3 is 4.74 Å². The van der Waals surface area contributed by atoms with E-state index < -0.39 is 10.8 Å². The monoisotopic (exact) mass is 344 g/mol. The highest BCUT2D eigenvalue weighted by atomic mass is 16.5. The topological polar surface area (TPSA) is 43.4 Å². The van der Waals surface area contributed by atoms with Crippen LogP contribution in [0.2, 0.25) is 0 Å². The van der Waals surface area contributed by atoms with Crippen LogP contribution in [0.1, 0.15) is 66.2 Å². The number of esters is 1. The van der Waals surface area contributed by atoms with E-state index in [1.165, 1.54) is 0 Å². The molecule has 0 saturated heterocycles. The maximum Gasteiger partial charge on any atom is 0.311 e. The van der Waals surface area contributed by atoms with Gasteiger partial charge >= 0.3 is 5.97 Å². The van der Waals surface area contributed by atoms with Crippen molar-refractivity contribution < 1.29 is 14.3 Å². The van der Waals surface area contributed by atoms with E-state index in [4.69, 9.17) is 4.74 Å². The van der Waals surface area contributed by atoms with Crippen LogP contribution in [0.15, 0.2) is 37.0 Å². The summed E-state index contributed by atoms with van der Waals surface area (Å²) in [6.45, 7) is 15.5. The van der Waals surface area contributed by atoms with Crippen molar-refractivity contribution in [3.8, 4) is 0 Å². The van der Waals surface area contributed by atoms with Gasteiger partial charge in [0.25, 0.3) is 0 Å². The number of fused-ring (bicyclic) bond motifs is 1. The molecular weight excluding hydrogens is 312 g/mol. The number of rotatable bonds is 5. The lowest BCUT2D eigenvalue weighted by Crippen LogP contribution is -2.52. The third-order valence-electron chi connectivity index (χ3n) is 5.87. The minimum Gasteiger partial charge on any atom is -0.461 e. The number of allylic oxidation sites excluding steroid dienone is 3. The zero-order valence-electron chi connectivity index (χ0n) is 16.2. The van der Waals surface area contributed by atoms with E-state index >= 15 is 0 Å². The number of ketones is 1. The summed E-state index contributed by atoms with van der Waals surface area (Å²) in [4.78, 5) is 25.4. The van der Waals surface area contributed by atoms with Crippen molar-refractivity contribution in [2.45, 2.75) is 72.3 Å². The van der Waals surface area contributed by atoms with Crippen molar-refractivity contribution in [3.63, 3.8) is 0 Å². The lowest BCUT2D eigenvalue weighted by Gasteiger charge is -2.52. The Morgan fingerprint density at radius 3 is 2.44 bits per heavy atom. The van der Waals surface area contributed by atoms with Gasteiger partial charge in [-0.05, 0) is 52.9 Å². The SMILES string of the molecule is C=CCC1(CC=C)C(=O)CC[C@@]2(C)C1=CCC[C@@H]2OC(=O)C(C)(C)C. The van der Waals surface area contributed by atoms with Gasteiger partial charge in [0, 0.05) is 11.8 Å². The van der Waals surface area contributed by atoms with E-state index in [1.807, 2.05) is 32.9 Å². The quantitative estimate of drug-likeness (QED) is 0.510. The van der Waals surface area contributed by atoms with Crippen LogP contribution in [0.4, 0.5) is 0 Å². The number of hydrogen-bond acceptors (Lipinski definition) is 3. The van der Waals surface area contributed by atoms with E-state index in [9.17, 15) is 9.59 Å². The lowest BCUT2D eigenvalue weighted by atomic mass is 9.52. The molecule has 2 aliphatic carbocycles. The first-order valence-corrected chi connectivity index (χ1v) is 9.29. The number of hydrogen-bond donors (Lipinski definition) is 0. The van der Waals surface area contributed by atoms with Gasteiger partial charge in [-0.1, -0.05) is 30.7 Å². The van der Waals surface area contributed by atoms with E-state index in [0.29, 0.717) is 19.3 Å². The van der Waals surface area contributed by atoms with Gasteiger partial charge in [0.2, 0.25) is 0 Å². The summed E-state index contributed by atoms with van der Waals surface area (Å²) < 4.78 is 5.97. The Bertz CT molecular complexity index is 595. The summed E-state index contributed by atoms with van der Waals surface area (Å²) in [5.74, 6) is 0.0914. The van der Waals surface area contributed by atoms with E-state index in [0.717, 1.165) is 24.8 Å². The fourth-order valence-electron chi connectivity index (χ4n) is 4.42. The second kappa shape index (κ2) is 6.93. The Morgan fingerprint density at radius 2 is 1.92 bits per heavy atom. The van der Waals surface area contributed by atoms with Crippen molar-refractivity contribution in [2.75, 3.05) is 0 Å². The third kappa shape index (κ3) is 3.38. The Balaban J connectivity index is 2.44. The molecule has 0 amide bonds. The van der Waals surface area contributed by atoms with Crippen molar-refractivity contribution >= 4 is 11.8 Å². The predicted molar refractivity (Wildman–Crippen MR) is 101 cm³/mol. The van der Waals surface area contributed by atoms with Crippen molar-refractivity contribution in [1.29, 1.82) is 0 Å². The second-order valence-corrected chi connectivity index (χ2v) is 8.75. The van der Waals surface area contributed by atoms with Gasteiger partial charge in [0.15, 0.2) is 0 Å². The van der Waals surface area contributed by atoms with Crippen LogP contribution >= 0.6 is 0 Å². The van der Waals surface area contributed by atoms with Gasteiger partial charge in [-0.3, -0.25) is 9.59 Å². The third-order valence-corrected chi connectivity index (χ3v) is 5.87. The first-order valence-electron chi connectivity index (χ1n) is 9.29. The smallest absolute Gasteiger partial charge is 0.311 e. The molecule has 0 radical (unpaired) electrons. The van der Waals surface area contributed by atoms with E-state index in [-0.39, 0.29) is 23.3 Å². The minimum atomic E-state index is -0.566. The molecule has 3 heteroatoms. The highest BCUT2D eigenvalue weighted by molar-refractivity contribution is 5.90. The van der Waals surface area contributed by atoms with Crippen LogP contribution in [0, 0.1) is 16.2 Å². The van der Waals surface area contributed by atoms with Gasteiger partial charge in [0.05, 0.1) is 10.8 Å².